The maximum Gasteiger partial charge on any atom is 0.260 e. The lowest BCUT2D eigenvalue weighted by Gasteiger charge is -2.34. The van der Waals surface area contributed by atoms with Gasteiger partial charge in [-0.25, -0.2) is 9.97 Å². The zero-order valence-electron chi connectivity index (χ0n) is 18.5. The van der Waals surface area contributed by atoms with Gasteiger partial charge in [-0.3, -0.25) is 9.69 Å². The molecule has 0 saturated carbocycles. The molecule has 162 valence electrons. The quantitative estimate of drug-likeness (QED) is 0.755. The van der Waals surface area contributed by atoms with Gasteiger partial charge in [0.25, 0.3) is 5.91 Å². The molecule has 2 aromatic rings. The van der Waals surface area contributed by atoms with E-state index in [1.54, 1.807) is 19.3 Å². The smallest absolute Gasteiger partial charge is 0.260 e. The topological polar surface area (TPSA) is 70.6 Å². The largest absolute Gasteiger partial charge is 0.481 e. The van der Waals surface area contributed by atoms with Gasteiger partial charge in [0.15, 0.2) is 6.10 Å². The third-order valence-electron chi connectivity index (χ3n) is 5.34. The van der Waals surface area contributed by atoms with E-state index in [4.69, 9.17) is 4.74 Å². The van der Waals surface area contributed by atoms with Crippen molar-refractivity contribution in [2.24, 2.45) is 0 Å². The van der Waals surface area contributed by atoms with E-state index in [9.17, 15) is 4.79 Å². The van der Waals surface area contributed by atoms with Crippen molar-refractivity contribution in [1.82, 2.24) is 20.2 Å². The van der Waals surface area contributed by atoms with Crippen LogP contribution in [0.25, 0.3) is 0 Å². The third-order valence-corrected chi connectivity index (χ3v) is 5.34. The molecule has 0 aliphatic carbocycles. The summed E-state index contributed by atoms with van der Waals surface area (Å²) in [6, 6.07) is 9.80. The fourth-order valence-electron chi connectivity index (χ4n) is 3.40. The Kier molecular flexibility index (Phi) is 7.26. The molecular formula is C23H33N5O2. The Labute approximate surface area is 179 Å². The highest BCUT2D eigenvalue weighted by molar-refractivity contribution is 5.80. The number of aromatic nitrogens is 2. The highest BCUT2D eigenvalue weighted by atomic mass is 16.5. The van der Waals surface area contributed by atoms with E-state index in [0.29, 0.717) is 12.3 Å². The first-order valence-electron chi connectivity index (χ1n) is 10.6. The number of anilines is 1. The van der Waals surface area contributed by atoms with Gasteiger partial charge in [-0.15, -0.1) is 0 Å². The molecule has 3 rings (SSSR count). The first kappa shape index (κ1) is 22.0. The molecule has 7 heteroatoms. The Morgan fingerprint density at radius 3 is 2.33 bits per heavy atom. The zero-order valence-corrected chi connectivity index (χ0v) is 18.5. The Bertz CT molecular complexity index is 797. The molecule has 7 nitrogen and oxygen atoms in total. The monoisotopic (exact) mass is 411 g/mol. The van der Waals surface area contributed by atoms with Gasteiger partial charge in [0, 0.05) is 51.7 Å². The van der Waals surface area contributed by atoms with Gasteiger partial charge in [0.2, 0.25) is 5.95 Å². The summed E-state index contributed by atoms with van der Waals surface area (Å²) in [5, 5.41) is 2.98. The first-order valence-corrected chi connectivity index (χ1v) is 10.6. The molecule has 1 amide bonds. The number of carbonyl (C=O) groups is 1. The van der Waals surface area contributed by atoms with Crippen molar-refractivity contribution in [3.8, 4) is 5.75 Å². The van der Waals surface area contributed by atoms with Crippen LogP contribution in [0.1, 0.15) is 33.3 Å². The number of benzene rings is 1. The summed E-state index contributed by atoms with van der Waals surface area (Å²) in [5.41, 5.74) is 1.34. The van der Waals surface area contributed by atoms with Crippen molar-refractivity contribution in [3.63, 3.8) is 0 Å². The number of ether oxygens (including phenoxy) is 1. The normalized spacial score (nSPS) is 16.2. The minimum absolute atomic E-state index is 0.0915. The summed E-state index contributed by atoms with van der Waals surface area (Å²) >= 11 is 0. The van der Waals surface area contributed by atoms with Crippen LogP contribution >= 0.6 is 0 Å². The van der Waals surface area contributed by atoms with Gasteiger partial charge in [0.05, 0.1) is 0 Å². The average Bonchev–Trinajstić information content (AvgIpc) is 2.74. The molecule has 0 bridgehead atoms. The van der Waals surface area contributed by atoms with Crippen molar-refractivity contribution in [2.45, 2.75) is 39.2 Å². The van der Waals surface area contributed by atoms with Crippen molar-refractivity contribution in [2.75, 3.05) is 44.2 Å². The highest BCUT2D eigenvalue weighted by Crippen LogP contribution is 2.24. The maximum absolute atomic E-state index is 12.4. The summed E-state index contributed by atoms with van der Waals surface area (Å²) in [5.74, 6) is 1.41. The van der Waals surface area contributed by atoms with Gasteiger partial charge >= 0.3 is 0 Å². The van der Waals surface area contributed by atoms with Crippen LogP contribution in [0.2, 0.25) is 0 Å². The molecule has 1 aromatic heterocycles. The molecule has 0 radical (unpaired) electrons. The Morgan fingerprint density at radius 2 is 1.73 bits per heavy atom. The Hall–Kier alpha value is -2.67. The third kappa shape index (κ3) is 6.16. The van der Waals surface area contributed by atoms with Crippen molar-refractivity contribution >= 4 is 11.9 Å². The molecule has 1 N–H and O–H groups in total. The molecule has 1 unspecified atom stereocenters. The van der Waals surface area contributed by atoms with Crippen LogP contribution in [0.15, 0.2) is 42.7 Å². The zero-order chi connectivity index (χ0) is 21.6. The summed E-state index contributed by atoms with van der Waals surface area (Å²) in [6.07, 6.45) is 3.01. The van der Waals surface area contributed by atoms with E-state index in [2.05, 4.69) is 58.0 Å². The van der Waals surface area contributed by atoms with Gasteiger partial charge in [-0.2, -0.15) is 0 Å². The second kappa shape index (κ2) is 9.89. The number of carbonyl (C=O) groups excluding carboxylic acids is 1. The van der Waals surface area contributed by atoms with Crippen molar-refractivity contribution < 1.29 is 9.53 Å². The Balaban J connectivity index is 1.36. The van der Waals surface area contributed by atoms with Crippen LogP contribution in [0.3, 0.4) is 0 Å². The number of rotatable bonds is 7. The lowest BCUT2D eigenvalue weighted by molar-refractivity contribution is -0.127. The van der Waals surface area contributed by atoms with Crippen molar-refractivity contribution in [3.05, 3.63) is 48.3 Å². The number of hydrogen-bond donors (Lipinski definition) is 1. The van der Waals surface area contributed by atoms with E-state index < -0.39 is 6.10 Å². The van der Waals surface area contributed by atoms with Crippen LogP contribution in [0.4, 0.5) is 5.95 Å². The van der Waals surface area contributed by atoms with Gasteiger partial charge in [0.1, 0.15) is 5.75 Å². The molecule has 1 saturated heterocycles. The fraction of sp³-hybridized carbons (Fsp3) is 0.522. The minimum atomic E-state index is -0.530. The molecule has 1 atom stereocenters. The highest BCUT2D eigenvalue weighted by Gasteiger charge is 2.20. The molecule has 2 heterocycles. The van der Waals surface area contributed by atoms with Crippen LogP contribution in [-0.4, -0.2) is 66.1 Å². The molecule has 30 heavy (non-hydrogen) atoms. The van der Waals surface area contributed by atoms with Crippen LogP contribution in [-0.2, 0) is 10.2 Å². The van der Waals surface area contributed by atoms with E-state index in [1.165, 1.54) is 5.56 Å². The number of piperazine rings is 1. The van der Waals surface area contributed by atoms with Gasteiger partial charge in [-0.05, 0) is 36.1 Å². The summed E-state index contributed by atoms with van der Waals surface area (Å²) in [6.45, 7) is 13.4. The van der Waals surface area contributed by atoms with Gasteiger partial charge in [-0.1, -0.05) is 32.9 Å². The standard InChI is InChI=1S/C23H33N5O2/c1-18(30-20-8-6-19(7-9-20)23(2,3)4)21(29)24-12-13-27-14-16-28(17-15-27)22-25-10-5-11-26-22/h5-11,18H,12-17H2,1-4H3,(H,24,29). The SMILES string of the molecule is CC(Oc1ccc(C(C)(C)C)cc1)C(=O)NCCN1CCN(c2ncccn2)CC1. The molecule has 1 aliphatic heterocycles. The second-order valence-electron chi connectivity index (χ2n) is 8.70. The molecule has 1 aromatic carbocycles. The van der Waals surface area contributed by atoms with E-state index >= 15 is 0 Å². The number of amides is 1. The second-order valence-corrected chi connectivity index (χ2v) is 8.70. The maximum atomic E-state index is 12.4. The number of nitrogens with zero attached hydrogens (tertiary/aromatic N) is 4. The van der Waals surface area contributed by atoms with Crippen LogP contribution in [0.5, 0.6) is 5.75 Å². The summed E-state index contributed by atoms with van der Waals surface area (Å²) < 4.78 is 5.80. The van der Waals surface area contributed by atoms with Crippen molar-refractivity contribution in [1.29, 1.82) is 0 Å². The lowest BCUT2D eigenvalue weighted by Crippen LogP contribution is -2.49. The first-order chi connectivity index (χ1) is 14.3. The van der Waals surface area contributed by atoms with Crippen LogP contribution < -0.4 is 15.0 Å². The lowest BCUT2D eigenvalue weighted by atomic mass is 9.87. The fourth-order valence-corrected chi connectivity index (χ4v) is 3.40. The summed E-state index contributed by atoms with van der Waals surface area (Å²) in [4.78, 5) is 25.5. The number of nitrogens with one attached hydrogen (secondary N) is 1. The summed E-state index contributed by atoms with van der Waals surface area (Å²) in [7, 11) is 0. The molecule has 1 fully saturated rings. The van der Waals surface area contributed by atoms with E-state index in [0.717, 1.165) is 38.7 Å². The Morgan fingerprint density at radius 1 is 1.10 bits per heavy atom. The average molecular weight is 412 g/mol. The minimum Gasteiger partial charge on any atom is -0.481 e. The van der Waals surface area contributed by atoms with Crippen LogP contribution in [0, 0.1) is 0 Å². The predicted octanol–water partition coefficient (Wildman–Crippen LogP) is 2.48. The number of hydrogen-bond acceptors (Lipinski definition) is 6. The predicted molar refractivity (Wildman–Crippen MR) is 119 cm³/mol. The molecular weight excluding hydrogens is 378 g/mol. The molecule has 0 spiro atoms. The molecule has 1 aliphatic rings. The van der Waals surface area contributed by atoms with Gasteiger partial charge < -0.3 is 15.0 Å². The van der Waals surface area contributed by atoms with E-state index in [-0.39, 0.29) is 11.3 Å². The van der Waals surface area contributed by atoms with E-state index in [1.807, 2.05) is 18.2 Å².